The van der Waals surface area contributed by atoms with Crippen molar-refractivity contribution >= 4 is 8.32 Å². The molecule has 0 saturated heterocycles. The van der Waals surface area contributed by atoms with Crippen molar-refractivity contribution in [3.63, 3.8) is 0 Å². The van der Waals surface area contributed by atoms with Crippen LogP contribution in [0, 0.1) is 11.8 Å². The van der Waals surface area contributed by atoms with E-state index >= 15 is 0 Å². The molecule has 0 N–H and O–H groups in total. The molecule has 2 aliphatic rings. The molecule has 4 nitrogen and oxygen atoms in total. The van der Waals surface area contributed by atoms with Crippen LogP contribution < -0.4 is 4.74 Å². The van der Waals surface area contributed by atoms with Crippen molar-refractivity contribution in [3.8, 4) is 5.75 Å². The molecule has 0 radical (unpaired) electrons. The lowest BCUT2D eigenvalue weighted by Crippen LogP contribution is -2.42. The summed E-state index contributed by atoms with van der Waals surface area (Å²) in [5.74, 6) is 2.27. The smallest absolute Gasteiger partial charge is 0.192 e. The highest BCUT2D eigenvalue weighted by molar-refractivity contribution is 6.74. The first-order valence-corrected chi connectivity index (χ1v) is 16.1. The fourth-order valence-electron chi connectivity index (χ4n) is 5.41. The van der Waals surface area contributed by atoms with Gasteiger partial charge in [0.05, 0.1) is 32.5 Å². The van der Waals surface area contributed by atoms with Crippen LogP contribution >= 0.6 is 0 Å². The van der Waals surface area contributed by atoms with E-state index in [1.165, 1.54) is 5.56 Å². The van der Waals surface area contributed by atoms with Gasteiger partial charge in [-0.3, -0.25) is 0 Å². The Morgan fingerprint density at radius 1 is 0.857 bits per heavy atom. The zero-order valence-corrected chi connectivity index (χ0v) is 23.5. The Bertz CT molecular complexity index is 925. The maximum Gasteiger partial charge on any atom is 0.192 e. The van der Waals surface area contributed by atoms with E-state index in [0.717, 1.165) is 37.0 Å². The molecule has 4 rings (SSSR count). The molecule has 5 atom stereocenters. The minimum Gasteiger partial charge on any atom is -0.496 e. The van der Waals surface area contributed by atoms with Gasteiger partial charge in [0.15, 0.2) is 8.32 Å². The molecule has 0 aromatic heterocycles. The van der Waals surface area contributed by atoms with Gasteiger partial charge < -0.3 is 18.6 Å². The van der Waals surface area contributed by atoms with Crippen molar-refractivity contribution in [2.24, 2.45) is 11.8 Å². The summed E-state index contributed by atoms with van der Waals surface area (Å²) in [6, 6.07) is 18.7. The first-order valence-electron chi connectivity index (χ1n) is 13.2. The highest BCUT2D eigenvalue weighted by atomic mass is 28.4. The average molecular weight is 497 g/mol. The van der Waals surface area contributed by atoms with E-state index in [0.29, 0.717) is 31.2 Å². The number of hydrogen-bond donors (Lipinski definition) is 0. The van der Waals surface area contributed by atoms with Crippen molar-refractivity contribution in [2.45, 2.75) is 89.5 Å². The van der Waals surface area contributed by atoms with Crippen molar-refractivity contribution in [1.29, 1.82) is 0 Å². The molecule has 192 valence electrons. The fraction of sp³-hybridized carbons (Fsp3) is 0.600. The van der Waals surface area contributed by atoms with E-state index in [1.807, 2.05) is 12.1 Å². The van der Waals surface area contributed by atoms with Gasteiger partial charge in [-0.25, -0.2) is 0 Å². The summed E-state index contributed by atoms with van der Waals surface area (Å²) in [4.78, 5) is 0. The topological polar surface area (TPSA) is 36.9 Å². The van der Waals surface area contributed by atoms with Crippen LogP contribution in [0.4, 0.5) is 0 Å². The molecule has 2 aliphatic carbocycles. The van der Waals surface area contributed by atoms with E-state index in [1.54, 1.807) is 7.11 Å². The maximum absolute atomic E-state index is 6.83. The van der Waals surface area contributed by atoms with Gasteiger partial charge in [0.25, 0.3) is 0 Å². The second kappa shape index (κ2) is 11.2. The summed E-state index contributed by atoms with van der Waals surface area (Å²) >= 11 is 0. The average Bonchev–Trinajstić information content (AvgIpc) is 3.38. The Labute approximate surface area is 213 Å². The summed E-state index contributed by atoms with van der Waals surface area (Å²) < 4.78 is 25.4. The van der Waals surface area contributed by atoms with Gasteiger partial charge in [0, 0.05) is 5.56 Å². The van der Waals surface area contributed by atoms with Gasteiger partial charge in [-0.05, 0) is 67.3 Å². The van der Waals surface area contributed by atoms with Crippen LogP contribution in [0.25, 0.3) is 0 Å². The van der Waals surface area contributed by atoms with Gasteiger partial charge in [-0.1, -0.05) is 69.3 Å². The summed E-state index contributed by atoms with van der Waals surface area (Å²) in [5.41, 5.74) is 2.35. The molecule has 0 heterocycles. The third-order valence-electron chi connectivity index (χ3n) is 8.50. The fourth-order valence-corrected chi connectivity index (χ4v) is 6.41. The largest absolute Gasteiger partial charge is 0.496 e. The molecule has 2 fully saturated rings. The summed E-state index contributed by atoms with van der Waals surface area (Å²) in [6.45, 7) is 12.8. The van der Waals surface area contributed by atoms with Gasteiger partial charge in [0.1, 0.15) is 11.9 Å². The first-order chi connectivity index (χ1) is 16.7. The van der Waals surface area contributed by atoms with Crippen LogP contribution in [0.1, 0.15) is 63.7 Å². The SMILES string of the molecule is COc1ccccc1C(CO[Si](C)(C)C(C)(C)C)OC1C[C@H]2CC(OCc3ccccc3)C[C@H]2C1. The number of para-hydroxylation sites is 1. The third-order valence-corrected chi connectivity index (χ3v) is 13.0. The van der Waals surface area contributed by atoms with Crippen LogP contribution in [0.5, 0.6) is 5.75 Å². The molecule has 2 saturated carbocycles. The van der Waals surface area contributed by atoms with E-state index < -0.39 is 8.32 Å². The van der Waals surface area contributed by atoms with E-state index in [9.17, 15) is 0 Å². The van der Waals surface area contributed by atoms with Gasteiger partial charge in [0.2, 0.25) is 0 Å². The van der Waals surface area contributed by atoms with Crippen molar-refractivity contribution < 1.29 is 18.6 Å². The molecule has 0 spiro atoms. The second-order valence-electron chi connectivity index (χ2n) is 11.9. The number of rotatable bonds is 10. The minimum atomic E-state index is -1.89. The molecule has 2 aromatic carbocycles. The van der Waals surface area contributed by atoms with E-state index in [2.05, 4.69) is 76.3 Å². The Morgan fingerprint density at radius 2 is 1.46 bits per heavy atom. The predicted molar refractivity (Wildman–Crippen MR) is 144 cm³/mol. The van der Waals surface area contributed by atoms with Crippen LogP contribution in [0.3, 0.4) is 0 Å². The number of methoxy groups -OCH3 is 1. The third kappa shape index (κ3) is 6.56. The van der Waals surface area contributed by atoms with Crippen molar-refractivity contribution in [1.82, 2.24) is 0 Å². The van der Waals surface area contributed by atoms with Crippen LogP contribution in [-0.2, 0) is 20.5 Å². The standard InChI is InChI=1S/C30H44O4Si/c1-30(2,3)35(5,6)33-21-29(27-14-10-11-15-28(27)31-4)34-26-18-23-16-25(17-24(23)19-26)32-20-22-12-8-7-9-13-22/h7-15,23-26,29H,16-21H2,1-6H3/t23-,24+,25?,26?,29?. The Hall–Kier alpha value is -1.66. The number of hydrogen-bond acceptors (Lipinski definition) is 4. The quantitative estimate of drug-likeness (QED) is 0.318. The normalized spacial score (nSPS) is 25.4. The molecule has 5 heteroatoms. The summed E-state index contributed by atoms with van der Waals surface area (Å²) in [6.07, 6.45) is 5.04. The van der Waals surface area contributed by atoms with Crippen LogP contribution in [0.15, 0.2) is 54.6 Å². The molecular weight excluding hydrogens is 452 g/mol. The zero-order valence-electron chi connectivity index (χ0n) is 22.5. The summed E-state index contributed by atoms with van der Waals surface area (Å²) in [5, 5.41) is 0.164. The van der Waals surface area contributed by atoms with Gasteiger partial charge >= 0.3 is 0 Å². The lowest BCUT2D eigenvalue weighted by molar-refractivity contribution is -0.0425. The summed E-state index contributed by atoms with van der Waals surface area (Å²) in [7, 11) is -0.154. The maximum atomic E-state index is 6.83. The Kier molecular flexibility index (Phi) is 8.42. The monoisotopic (exact) mass is 496 g/mol. The van der Waals surface area contributed by atoms with E-state index in [4.69, 9.17) is 18.6 Å². The molecule has 2 aromatic rings. The first kappa shape index (κ1) is 26.4. The van der Waals surface area contributed by atoms with Gasteiger partial charge in [-0.15, -0.1) is 0 Å². The lowest BCUT2D eigenvalue weighted by Gasteiger charge is -2.37. The molecule has 3 unspecified atom stereocenters. The predicted octanol–water partition coefficient (Wildman–Crippen LogP) is 7.55. The van der Waals surface area contributed by atoms with E-state index in [-0.39, 0.29) is 17.2 Å². The highest BCUT2D eigenvalue weighted by Gasteiger charge is 2.44. The second-order valence-corrected chi connectivity index (χ2v) is 16.8. The van der Waals surface area contributed by atoms with Crippen molar-refractivity contribution in [2.75, 3.05) is 13.7 Å². The van der Waals surface area contributed by atoms with Crippen LogP contribution in [-0.4, -0.2) is 34.2 Å². The lowest BCUT2D eigenvalue weighted by atomic mass is 10.0. The molecule has 0 amide bonds. The molecule has 35 heavy (non-hydrogen) atoms. The highest BCUT2D eigenvalue weighted by Crippen LogP contribution is 2.48. The molecule has 0 bridgehead atoms. The zero-order chi connectivity index (χ0) is 25.1. The number of benzene rings is 2. The number of ether oxygens (including phenoxy) is 3. The Balaban J connectivity index is 1.37. The number of fused-ring (bicyclic) bond motifs is 1. The Morgan fingerprint density at radius 3 is 2.09 bits per heavy atom. The van der Waals surface area contributed by atoms with Crippen molar-refractivity contribution in [3.05, 3.63) is 65.7 Å². The molecule has 0 aliphatic heterocycles. The minimum absolute atomic E-state index is 0.116. The van der Waals surface area contributed by atoms with Crippen LogP contribution in [0.2, 0.25) is 18.1 Å². The van der Waals surface area contributed by atoms with Gasteiger partial charge in [-0.2, -0.15) is 0 Å². The molecular formula is C30H44O4Si.